The molecule has 146 valence electrons. The number of benzene rings is 2. The molecular formula is C21H16Cl2N4O2. The van der Waals surface area contributed by atoms with Crippen LogP contribution in [0.5, 0.6) is 0 Å². The lowest BCUT2D eigenvalue weighted by atomic mass is 10.2. The minimum absolute atomic E-state index is 0.197. The van der Waals surface area contributed by atoms with Crippen molar-refractivity contribution in [1.82, 2.24) is 14.2 Å². The summed E-state index contributed by atoms with van der Waals surface area (Å²) in [4.78, 5) is 17.3. The zero-order valence-corrected chi connectivity index (χ0v) is 16.6. The van der Waals surface area contributed by atoms with E-state index in [1.54, 1.807) is 47.3 Å². The van der Waals surface area contributed by atoms with Crippen molar-refractivity contribution in [2.24, 2.45) is 0 Å². The third-order valence-electron chi connectivity index (χ3n) is 4.38. The molecule has 0 unspecified atom stereocenters. The molecule has 0 aliphatic carbocycles. The number of carbonyl (C=O) groups is 1. The lowest BCUT2D eigenvalue weighted by Gasteiger charge is -2.09. The van der Waals surface area contributed by atoms with Gasteiger partial charge >= 0.3 is 0 Å². The van der Waals surface area contributed by atoms with Crippen molar-refractivity contribution in [3.8, 4) is 17.1 Å². The highest BCUT2D eigenvalue weighted by Gasteiger charge is 2.19. The van der Waals surface area contributed by atoms with Crippen molar-refractivity contribution in [2.75, 3.05) is 5.43 Å². The average Bonchev–Trinajstić information content (AvgIpc) is 3.36. The Hall–Kier alpha value is -3.06. The maximum absolute atomic E-state index is 12.8. The Kier molecular flexibility index (Phi) is 5.40. The van der Waals surface area contributed by atoms with E-state index in [1.807, 2.05) is 30.3 Å². The van der Waals surface area contributed by atoms with Crippen molar-refractivity contribution in [1.29, 1.82) is 0 Å². The fourth-order valence-corrected chi connectivity index (χ4v) is 3.29. The van der Waals surface area contributed by atoms with Gasteiger partial charge in [0.1, 0.15) is 11.5 Å². The predicted molar refractivity (Wildman–Crippen MR) is 113 cm³/mol. The molecule has 8 heteroatoms. The van der Waals surface area contributed by atoms with Crippen LogP contribution in [0.25, 0.3) is 17.1 Å². The van der Waals surface area contributed by atoms with Gasteiger partial charge in [-0.05, 0) is 48.5 Å². The highest BCUT2D eigenvalue weighted by molar-refractivity contribution is 6.33. The van der Waals surface area contributed by atoms with Gasteiger partial charge in [-0.3, -0.25) is 19.5 Å². The molecular weight excluding hydrogens is 411 g/mol. The molecule has 0 aliphatic heterocycles. The maximum atomic E-state index is 12.8. The molecule has 0 spiro atoms. The van der Waals surface area contributed by atoms with Gasteiger partial charge in [-0.25, -0.2) is 4.98 Å². The highest BCUT2D eigenvalue weighted by Crippen LogP contribution is 2.29. The zero-order chi connectivity index (χ0) is 20.4. The Morgan fingerprint density at radius 2 is 1.79 bits per heavy atom. The van der Waals surface area contributed by atoms with Gasteiger partial charge in [-0.2, -0.15) is 0 Å². The number of halogens is 2. The summed E-state index contributed by atoms with van der Waals surface area (Å²) < 4.78 is 3.24. The van der Waals surface area contributed by atoms with Crippen LogP contribution in [0.4, 0.5) is 0 Å². The number of rotatable bonds is 5. The second kappa shape index (κ2) is 8.13. The smallest absolute Gasteiger partial charge is 0.290 e. The van der Waals surface area contributed by atoms with Gasteiger partial charge in [-0.1, -0.05) is 35.3 Å². The van der Waals surface area contributed by atoms with Gasteiger partial charge < -0.3 is 5.11 Å². The molecule has 0 atom stereocenters. The molecule has 0 radical (unpaired) electrons. The molecule has 2 heterocycles. The number of nitrogens with one attached hydrogen (secondary N) is 1. The molecule has 2 aromatic heterocycles. The second-order valence-corrected chi connectivity index (χ2v) is 7.09. The SMILES string of the molecule is O=C(Nn1cccc1CO)c1cn(-c2ccc(Cl)cc2)c(-c2ccccc2Cl)n1. The summed E-state index contributed by atoms with van der Waals surface area (Å²) in [7, 11) is 0. The van der Waals surface area contributed by atoms with Gasteiger partial charge in [0.2, 0.25) is 0 Å². The molecule has 0 saturated carbocycles. The van der Waals surface area contributed by atoms with Crippen molar-refractivity contribution in [2.45, 2.75) is 6.61 Å². The van der Waals surface area contributed by atoms with Crippen LogP contribution in [0.15, 0.2) is 73.1 Å². The standard InChI is InChI=1S/C21H16Cl2N4O2/c22-14-7-9-15(10-8-14)26-12-19(21(29)25-27-11-3-4-16(27)13-28)24-20(26)17-5-1-2-6-18(17)23/h1-12,28H,13H2,(H,25,29). The molecule has 1 amide bonds. The molecule has 4 aromatic rings. The third kappa shape index (κ3) is 3.91. The van der Waals surface area contributed by atoms with E-state index in [0.717, 1.165) is 5.69 Å². The number of imidazole rings is 1. The zero-order valence-electron chi connectivity index (χ0n) is 15.1. The maximum Gasteiger partial charge on any atom is 0.290 e. The first-order valence-electron chi connectivity index (χ1n) is 8.75. The molecule has 0 saturated heterocycles. The van der Waals surface area contributed by atoms with Crippen molar-refractivity contribution in [3.63, 3.8) is 0 Å². The third-order valence-corrected chi connectivity index (χ3v) is 4.96. The fraction of sp³-hybridized carbons (Fsp3) is 0.0476. The number of nitrogens with zero attached hydrogens (tertiary/aromatic N) is 3. The Balaban J connectivity index is 1.78. The van der Waals surface area contributed by atoms with Crippen LogP contribution < -0.4 is 5.43 Å². The van der Waals surface area contributed by atoms with E-state index >= 15 is 0 Å². The first kappa shape index (κ1) is 19.3. The first-order valence-corrected chi connectivity index (χ1v) is 9.51. The summed E-state index contributed by atoms with van der Waals surface area (Å²) >= 11 is 12.4. The van der Waals surface area contributed by atoms with Crippen molar-refractivity contribution in [3.05, 3.63) is 94.5 Å². The van der Waals surface area contributed by atoms with E-state index in [2.05, 4.69) is 10.4 Å². The number of aliphatic hydroxyl groups is 1. The molecule has 2 aromatic carbocycles. The van der Waals surface area contributed by atoms with Crippen LogP contribution in [0.3, 0.4) is 0 Å². The number of hydrogen-bond donors (Lipinski definition) is 2. The number of aromatic nitrogens is 3. The van der Waals surface area contributed by atoms with Crippen molar-refractivity contribution >= 4 is 29.1 Å². The Morgan fingerprint density at radius 3 is 2.52 bits per heavy atom. The van der Waals surface area contributed by atoms with E-state index in [1.165, 1.54) is 4.68 Å². The van der Waals surface area contributed by atoms with Crippen LogP contribution >= 0.6 is 23.2 Å². The van der Waals surface area contributed by atoms with Gasteiger partial charge in [0, 0.05) is 28.7 Å². The van der Waals surface area contributed by atoms with Gasteiger partial charge in [0.15, 0.2) is 0 Å². The fourth-order valence-electron chi connectivity index (χ4n) is 2.94. The van der Waals surface area contributed by atoms with Gasteiger partial charge in [0.05, 0.1) is 17.3 Å². The summed E-state index contributed by atoms with van der Waals surface area (Å²) in [6.07, 6.45) is 3.29. The quantitative estimate of drug-likeness (QED) is 0.492. The first-order chi connectivity index (χ1) is 14.1. The van der Waals surface area contributed by atoms with E-state index in [9.17, 15) is 9.90 Å². The summed E-state index contributed by atoms with van der Waals surface area (Å²) in [5, 5.41) is 10.5. The summed E-state index contributed by atoms with van der Waals surface area (Å²) in [6.45, 7) is -0.197. The summed E-state index contributed by atoms with van der Waals surface area (Å²) in [5.74, 6) is 0.106. The number of hydrogen-bond acceptors (Lipinski definition) is 3. The number of amides is 1. The second-order valence-electron chi connectivity index (χ2n) is 6.24. The number of carbonyl (C=O) groups excluding carboxylic acids is 1. The lowest BCUT2D eigenvalue weighted by molar-refractivity contribution is 0.100. The van der Waals surface area contributed by atoms with Crippen molar-refractivity contribution < 1.29 is 9.90 Å². The normalized spacial score (nSPS) is 10.9. The molecule has 4 rings (SSSR count). The minimum Gasteiger partial charge on any atom is -0.390 e. The number of aliphatic hydroxyl groups excluding tert-OH is 1. The molecule has 2 N–H and O–H groups in total. The molecule has 29 heavy (non-hydrogen) atoms. The van der Waals surface area contributed by atoms with E-state index < -0.39 is 5.91 Å². The largest absolute Gasteiger partial charge is 0.390 e. The topological polar surface area (TPSA) is 72.1 Å². The minimum atomic E-state index is -0.420. The van der Waals surface area contributed by atoms with E-state index in [0.29, 0.717) is 27.1 Å². The Labute approximate surface area is 176 Å². The van der Waals surface area contributed by atoms with E-state index in [-0.39, 0.29) is 12.3 Å². The molecule has 0 aliphatic rings. The predicted octanol–water partition coefficient (Wildman–Crippen LogP) is 4.52. The van der Waals surface area contributed by atoms with Crippen LogP contribution in [0.2, 0.25) is 10.0 Å². The Bertz CT molecular complexity index is 1170. The van der Waals surface area contributed by atoms with Crippen LogP contribution in [0.1, 0.15) is 16.2 Å². The summed E-state index contributed by atoms with van der Waals surface area (Å²) in [6, 6.07) is 17.9. The van der Waals surface area contributed by atoms with Crippen LogP contribution in [0, 0.1) is 0 Å². The lowest BCUT2D eigenvalue weighted by Crippen LogP contribution is -2.24. The van der Waals surface area contributed by atoms with Gasteiger partial charge in [0.25, 0.3) is 5.91 Å². The summed E-state index contributed by atoms with van der Waals surface area (Å²) in [5.41, 5.74) is 4.95. The Morgan fingerprint density at radius 1 is 1.03 bits per heavy atom. The molecule has 6 nitrogen and oxygen atoms in total. The average molecular weight is 427 g/mol. The van der Waals surface area contributed by atoms with Gasteiger partial charge in [-0.15, -0.1) is 0 Å². The molecule has 0 fully saturated rings. The van der Waals surface area contributed by atoms with Crippen LogP contribution in [-0.2, 0) is 6.61 Å². The van der Waals surface area contributed by atoms with Crippen LogP contribution in [-0.4, -0.2) is 25.2 Å². The van der Waals surface area contributed by atoms with E-state index in [4.69, 9.17) is 23.2 Å². The molecule has 0 bridgehead atoms. The highest BCUT2D eigenvalue weighted by atomic mass is 35.5. The monoisotopic (exact) mass is 426 g/mol.